The Balaban J connectivity index is 2.39. The van der Waals surface area contributed by atoms with Gasteiger partial charge in [0, 0.05) is 11.0 Å². The van der Waals surface area contributed by atoms with Crippen LogP contribution in [0.5, 0.6) is 0 Å². The van der Waals surface area contributed by atoms with Crippen LogP contribution in [-0.4, -0.2) is 33.7 Å². The monoisotopic (exact) mass is 334 g/mol. The van der Waals surface area contributed by atoms with Crippen LogP contribution < -0.4 is 10.0 Å². The molecule has 0 aromatic heterocycles. The molecule has 2 N–H and O–H groups in total. The molecular weight excluding hydrogens is 320 g/mol. The summed E-state index contributed by atoms with van der Waals surface area (Å²) in [5, 5.41) is 2.57. The van der Waals surface area contributed by atoms with E-state index in [2.05, 4.69) is 26.0 Å². The van der Waals surface area contributed by atoms with Gasteiger partial charge in [-0.2, -0.15) is 0 Å². The first-order valence-electron chi connectivity index (χ1n) is 5.36. The van der Waals surface area contributed by atoms with Crippen molar-refractivity contribution >= 4 is 31.9 Å². The summed E-state index contributed by atoms with van der Waals surface area (Å²) in [6.07, 6.45) is 0.646. The number of amides is 1. The molecule has 1 aromatic carbocycles. The highest BCUT2D eigenvalue weighted by Gasteiger charge is 2.13. The van der Waals surface area contributed by atoms with Crippen molar-refractivity contribution in [2.75, 3.05) is 19.3 Å². The summed E-state index contributed by atoms with van der Waals surface area (Å²) in [6.45, 7) is 0.403. The Morgan fingerprint density at radius 1 is 1.33 bits per heavy atom. The van der Waals surface area contributed by atoms with Crippen LogP contribution in [0.1, 0.15) is 5.56 Å². The maximum Gasteiger partial charge on any atom is 0.236 e. The zero-order valence-electron chi connectivity index (χ0n) is 9.94. The lowest BCUT2D eigenvalue weighted by molar-refractivity contribution is -0.118. The molecule has 18 heavy (non-hydrogen) atoms. The molecule has 1 rings (SSSR count). The van der Waals surface area contributed by atoms with Gasteiger partial charge in [-0.3, -0.25) is 4.79 Å². The van der Waals surface area contributed by atoms with Gasteiger partial charge >= 0.3 is 0 Å². The van der Waals surface area contributed by atoms with Gasteiger partial charge in [0.05, 0.1) is 0 Å². The fourth-order valence-electron chi connectivity index (χ4n) is 1.33. The number of hydrogen-bond acceptors (Lipinski definition) is 3. The lowest BCUT2D eigenvalue weighted by Crippen LogP contribution is -2.35. The average molecular weight is 335 g/mol. The largest absolute Gasteiger partial charge is 0.355 e. The van der Waals surface area contributed by atoms with Crippen molar-refractivity contribution in [3.63, 3.8) is 0 Å². The zero-order chi connectivity index (χ0) is 13.6. The van der Waals surface area contributed by atoms with Crippen LogP contribution in [0.3, 0.4) is 0 Å². The third kappa shape index (κ3) is 5.16. The van der Waals surface area contributed by atoms with Gasteiger partial charge in [-0.05, 0) is 25.1 Å². The molecule has 0 bridgehead atoms. The lowest BCUT2D eigenvalue weighted by Gasteiger charge is -2.07. The molecule has 0 aliphatic rings. The number of carbonyl (C=O) groups is 1. The van der Waals surface area contributed by atoms with Gasteiger partial charge in [-0.25, -0.2) is 13.1 Å². The van der Waals surface area contributed by atoms with E-state index in [0.29, 0.717) is 13.0 Å². The second-order valence-corrected chi connectivity index (χ2v) is 6.44. The number of carbonyl (C=O) groups excluding carboxylic acids is 1. The van der Waals surface area contributed by atoms with Crippen molar-refractivity contribution in [1.29, 1.82) is 0 Å². The molecule has 0 aliphatic heterocycles. The van der Waals surface area contributed by atoms with Crippen LogP contribution >= 0.6 is 15.9 Å². The fourth-order valence-corrected chi connectivity index (χ4v) is 2.41. The van der Waals surface area contributed by atoms with E-state index in [-0.39, 0.29) is 0 Å². The summed E-state index contributed by atoms with van der Waals surface area (Å²) in [4.78, 5) is 11.4. The predicted octanol–water partition coefficient (Wildman–Crippen LogP) is 0.657. The lowest BCUT2D eigenvalue weighted by atomic mass is 10.1. The molecule has 0 atom stereocenters. The predicted molar refractivity (Wildman–Crippen MR) is 73.7 cm³/mol. The molecule has 100 valence electrons. The minimum absolute atomic E-state index is 0.403. The molecule has 0 unspecified atom stereocenters. The Hall–Kier alpha value is -0.920. The van der Waals surface area contributed by atoms with E-state index in [0.717, 1.165) is 10.0 Å². The van der Waals surface area contributed by atoms with Crippen molar-refractivity contribution in [3.8, 4) is 0 Å². The van der Waals surface area contributed by atoms with E-state index in [9.17, 15) is 13.2 Å². The molecular formula is C11H15BrN2O3S. The van der Waals surface area contributed by atoms with E-state index in [1.807, 2.05) is 24.3 Å². The molecule has 1 amide bonds. The minimum atomic E-state index is -3.49. The van der Waals surface area contributed by atoms with Crippen LogP contribution in [0.4, 0.5) is 0 Å². The summed E-state index contributed by atoms with van der Waals surface area (Å²) >= 11 is 3.40. The summed E-state index contributed by atoms with van der Waals surface area (Å²) in [7, 11) is -2.21. The summed E-state index contributed by atoms with van der Waals surface area (Å²) in [5.41, 5.74) is 1.06. The summed E-state index contributed by atoms with van der Waals surface area (Å²) in [6, 6.07) is 7.68. The van der Waals surface area contributed by atoms with E-state index in [1.165, 1.54) is 7.05 Å². The molecule has 0 heterocycles. The van der Waals surface area contributed by atoms with Gasteiger partial charge in [0.1, 0.15) is 5.75 Å². The highest BCUT2D eigenvalue weighted by atomic mass is 79.9. The Bertz CT molecular complexity index is 517. The highest BCUT2D eigenvalue weighted by Crippen LogP contribution is 2.15. The molecule has 0 saturated carbocycles. The van der Waals surface area contributed by atoms with Gasteiger partial charge in [0.25, 0.3) is 0 Å². The minimum Gasteiger partial charge on any atom is -0.355 e. The van der Waals surface area contributed by atoms with Gasteiger partial charge in [-0.1, -0.05) is 34.1 Å². The molecule has 0 fully saturated rings. The first-order valence-corrected chi connectivity index (χ1v) is 7.80. The van der Waals surface area contributed by atoms with Crippen LogP contribution in [0, 0.1) is 0 Å². The number of halogens is 1. The van der Waals surface area contributed by atoms with Crippen molar-refractivity contribution in [2.45, 2.75) is 6.42 Å². The molecule has 0 spiro atoms. The Kier molecular flexibility index (Phi) is 5.77. The second-order valence-electron chi connectivity index (χ2n) is 3.65. The van der Waals surface area contributed by atoms with Gasteiger partial charge in [0.15, 0.2) is 0 Å². The second kappa shape index (κ2) is 6.86. The molecule has 1 aromatic rings. The van der Waals surface area contributed by atoms with Gasteiger partial charge in [-0.15, -0.1) is 0 Å². The fraction of sp³-hybridized carbons (Fsp3) is 0.364. The number of hydrogen-bond donors (Lipinski definition) is 2. The van der Waals surface area contributed by atoms with Crippen LogP contribution in [0.15, 0.2) is 28.7 Å². The van der Waals surface area contributed by atoms with Crippen LogP contribution in [0.2, 0.25) is 0 Å². The topological polar surface area (TPSA) is 75.3 Å². The SMILES string of the molecule is CNS(=O)(=O)CC(=O)NCCc1ccccc1Br. The molecule has 0 saturated heterocycles. The first kappa shape index (κ1) is 15.1. The first-order chi connectivity index (χ1) is 8.44. The number of benzene rings is 1. The molecule has 7 heteroatoms. The normalized spacial score (nSPS) is 11.2. The quantitative estimate of drug-likeness (QED) is 0.802. The standard InChI is InChI=1S/C11H15BrN2O3S/c1-13-18(16,17)8-11(15)14-7-6-9-4-2-3-5-10(9)12/h2-5,13H,6-8H2,1H3,(H,14,15). The highest BCUT2D eigenvalue weighted by molar-refractivity contribution is 9.10. The van der Waals surface area contributed by atoms with Crippen LogP contribution in [0.25, 0.3) is 0 Å². The van der Waals surface area contributed by atoms with E-state index >= 15 is 0 Å². The van der Waals surface area contributed by atoms with E-state index in [4.69, 9.17) is 0 Å². The molecule has 5 nitrogen and oxygen atoms in total. The van der Waals surface area contributed by atoms with Crippen molar-refractivity contribution in [3.05, 3.63) is 34.3 Å². The number of rotatable bonds is 6. The molecule has 0 radical (unpaired) electrons. The van der Waals surface area contributed by atoms with E-state index < -0.39 is 21.7 Å². The summed E-state index contributed by atoms with van der Waals surface area (Å²) < 4.78 is 25.3. The third-order valence-electron chi connectivity index (χ3n) is 2.31. The maximum atomic E-state index is 11.4. The number of nitrogens with one attached hydrogen (secondary N) is 2. The Morgan fingerprint density at radius 3 is 2.61 bits per heavy atom. The third-order valence-corrected chi connectivity index (χ3v) is 4.34. The molecule has 0 aliphatic carbocycles. The smallest absolute Gasteiger partial charge is 0.236 e. The Morgan fingerprint density at radius 2 is 2.00 bits per heavy atom. The van der Waals surface area contributed by atoms with Crippen molar-refractivity contribution in [2.24, 2.45) is 0 Å². The zero-order valence-corrected chi connectivity index (χ0v) is 12.3. The summed E-state index contributed by atoms with van der Waals surface area (Å²) in [5.74, 6) is -1.05. The van der Waals surface area contributed by atoms with Crippen LogP contribution in [-0.2, 0) is 21.2 Å². The van der Waals surface area contributed by atoms with Crippen molar-refractivity contribution < 1.29 is 13.2 Å². The van der Waals surface area contributed by atoms with Gasteiger partial charge in [0.2, 0.25) is 15.9 Å². The van der Waals surface area contributed by atoms with Crippen molar-refractivity contribution in [1.82, 2.24) is 10.0 Å². The Labute approximate surface area is 115 Å². The maximum absolute atomic E-state index is 11.4. The van der Waals surface area contributed by atoms with Gasteiger partial charge < -0.3 is 5.32 Å². The number of sulfonamides is 1. The average Bonchev–Trinajstić information content (AvgIpc) is 2.31. The van der Waals surface area contributed by atoms with E-state index in [1.54, 1.807) is 0 Å².